The lowest BCUT2D eigenvalue weighted by Crippen LogP contribution is -2.40. The van der Waals surface area contributed by atoms with Crippen LogP contribution in [0, 0.1) is 5.92 Å². The van der Waals surface area contributed by atoms with Crippen LogP contribution in [0.25, 0.3) is 0 Å². The maximum absolute atomic E-state index is 13.1. The Bertz CT molecular complexity index is 621. The first-order chi connectivity index (χ1) is 11.2. The predicted molar refractivity (Wildman–Crippen MR) is 96.5 cm³/mol. The van der Waals surface area contributed by atoms with Gasteiger partial charge in [0.2, 0.25) is 5.91 Å². The normalized spacial score (nSPS) is 17.0. The van der Waals surface area contributed by atoms with Crippen molar-refractivity contribution < 1.29 is 4.79 Å². The molecule has 1 heterocycles. The second-order valence-corrected chi connectivity index (χ2v) is 7.41. The molecule has 2 aromatic rings. The topological polar surface area (TPSA) is 20.3 Å². The number of rotatable bonds is 4. The Hall–Kier alpha value is -1.74. The summed E-state index contributed by atoms with van der Waals surface area (Å²) in [6.07, 6.45) is 2.23. The fourth-order valence-corrected chi connectivity index (χ4v) is 4.05. The Kier molecular flexibility index (Phi) is 5.39. The van der Waals surface area contributed by atoms with Gasteiger partial charge in [-0.25, -0.2) is 0 Å². The molecule has 1 aliphatic rings. The van der Waals surface area contributed by atoms with Gasteiger partial charge in [0, 0.05) is 18.0 Å². The van der Waals surface area contributed by atoms with E-state index in [0.717, 1.165) is 42.3 Å². The minimum atomic E-state index is -0.160. The Balaban J connectivity index is 1.81. The van der Waals surface area contributed by atoms with E-state index in [0.29, 0.717) is 0 Å². The van der Waals surface area contributed by atoms with Crippen LogP contribution in [0.1, 0.15) is 30.6 Å². The zero-order chi connectivity index (χ0) is 16.1. The van der Waals surface area contributed by atoms with Crippen molar-refractivity contribution in [2.75, 3.05) is 13.1 Å². The number of hydrogen-bond donors (Lipinski definition) is 0. The van der Waals surface area contributed by atoms with Gasteiger partial charge in [0.1, 0.15) is 5.25 Å². The fraction of sp³-hybridized carbons (Fsp3) is 0.350. The molecule has 0 spiro atoms. The average molecular weight is 325 g/mol. The van der Waals surface area contributed by atoms with Crippen molar-refractivity contribution in [3.8, 4) is 0 Å². The first-order valence-electron chi connectivity index (χ1n) is 8.29. The average Bonchev–Trinajstić information content (AvgIpc) is 2.61. The number of hydrogen-bond acceptors (Lipinski definition) is 2. The largest absolute Gasteiger partial charge is 0.341 e. The SMILES string of the molecule is CC1CCN(C(=O)[C@@H](Sc2ccccc2)c2ccccc2)CC1. The van der Waals surface area contributed by atoms with Gasteiger partial charge in [0.15, 0.2) is 0 Å². The standard InChI is InChI=1S/C20H23NOS/c1-16-12-14-21(15-13-16)20(22)19(17-8-4-2-5-9-17)23-18-10-6-3-7-11-18/h2-11,16,19H,12-15H2,1H3/t19-/m0/s1. The highest BCUT2D eigenvalue weighted by Crippen LogP contribution is 2.37. The maximum Gasteiger partial charge on any atom is 0.240 e. The van der Waals surface area contributed by atoms with Gasteiger partial charge < -0.3 is 4.90 Å². The first kappa shape index (κ1) is 16.1. The first-order valence-corrected chi connectivity index (χ1v) is 9.17. The van der Waals surface area contributed by atoms with Gasteiger partial charge in [-0.05, 0) is 36.5 Å². The monoisotopic (exact) mass is 325 g/mol. The molecule has 1 amide bonds. The third-order valence-electron chi connectivity index (χ3n) is 4.42. The Morgan fingerprint density at radius 3 is 2.17 bits per heavy atom. The zero-order valence-corrected chi connectivity index (χ0v) is 14.3. The maximum atomic E-state index is 13.1. The van der Waals surface area contributed by atoms with Gasteiger partial charge in [-0.2, -0.15) is 0 Å². The van der Waals surface area contributed by atoms with Gasteiger partial charge >= 0.3 is 0 Å². The number of likely N-dealkylation sites (tertiary alicyclic amines) is 1. The number of amides is 1. The summed E-state index contributed by atoms with van der Waals surface area (Å²) in [7, 11) is 0. The molecule has 120 valence electrons. The fourth-order valence-electron chi connectivity index (χ4n) is 2.92. The molecule has 1 atom stereocenters. The van der Waals surface area contributed by atoms with Crippen molar-refractivity contribution >= 4 is 17.7 Å². The van der Waals surface area contributed by atoms with Gasteiger partial charge in [-0.15, -0.1) is 11.8 Å². The molecule has 2 aromatic carbocycles. The van der Waals surface area contributed by atoms with Crippen molar-refractivity contribution in [2.24, 2.45) is 5.92 Å². The molecule has 0 aromatic heterocycles. The highest BCUT2D eigenvalue weighted by Gasteiger charge is 2.29. The molecule has 0 unspecified atom stereocenters. The Morgan fingerprint density at radius 2 is 1.57 bits per heavy atom. The van der Waals surface area contributed by atoms with Crippen molar-refractivity contribution in [3.63, 3.8) is 0 Å². The molecule has 3 heteroatoms. The van der Waals surface area contributed by atoms with E-state index in [2.05, 4.69) is 31.2 Å². The minimum Gasteiger partial charge on any atom is -0.341 e. The summed E-state index contributed by atoms with van der Waals surface area (Å²) in [5.41, 5.74) is 1.09. The quantitative estimate of drug-likeness (QED) is 0.754. The number of benzene rings is 2. The number of nitrogens with zero attached hydrogens (tertiary/aromatic N) is 1. The highest BCUT2D eigenvalue weighted by atomic mass is 32.2. The van der Waals surface area contributed by atoms with E-state index in [1.807, 2.05) is 41.3 Å². The Labute approximate surface area is 142 Å². The van der Waals surface area contributed by atoms with Crippen LogP contribution in [0.5, 0.6) is 0 Å². The van der Waals surface area contributed by atoms with E-state index >= 15 is 0 Å². The zero-order valence-electron chi connectivity index (χ0n) is 13.5. The number of carbonyl (C=O) groups is 1. The van der Waals surface area contributed by atoms with Gasteiger partial charge in [-0.1, -0.05) is 55.5 Å². The molecule has 1 saturated heterocycles. The van der Waals surface area contributed by atoms with Crippen LogP contribution in [-0.2, 0) is 4.79 Å². The molecule has 0 N–H and O–H groups in total. The van der Waals surface area contributed by atoms with E-state index in [4.69, 9.17) is 0 Å². The lowest BCUT2D eigenvalue weighted by molar-refractivity contribution is -0.132. The van der Waals surface area contributed by atoms with Crippen molar-refractivity contribution in [1.82, 2.24) is 4.90 Å². The van der Waals surface area contributed by atoms with Crippen LogP contribution >= 0.6 is 11.8 Å². The highest BCUT2D eigenvalue weighted by molar-refractivity contribution is 8.00. The summed E-state index contributed by atoms with van der Waals surface area (Å²) in [5.74, 6) is 0.980. The van der Waals surface area contributed by atoms with Crippen LogP contribution in [0.3, 0.4) is 0 Å². The van der Waals surface area contributed by atoms with Crippen LogP contribution in [0.15, 0.2) is 65.6 Å². The van der Waals surface area contributed by atoms with Gasteiger partial charge in [0.05, 0.1) is 0 Å². The lowest BCUT2D eigenvalue weighted by Gasteiger charge is -2.33. The van der Waals surface area contributed by atoms with E-state index < -0.39 is 0 Å². The van der Waals surface area contributed by atoms with Crippen LogP contribution in [0.4, 0.5) is 0 Å². The molecular weight excluding hydrogens is 302 g/mol. The summed E-state index contributed by atoms with van der Waals surface area (Å²) in [6.45, 7) is 4.05. The molecule has 0 aliphatic carbocycles. The number of piperidine rings is 1. The van der Waals surface area contributed by atoms with E-state index in [9.17, 15) is 4.79 Å². The summed E-state index contributed by atoms with van der Waals surface area (Å²) in [5, 5.41) is -0.160. The van der Waals surface area contributed by atoms with Crippen LogP contribution in [0.2, 0.25) is 0 Å². The molecular formula is C20H23NOS. The molecule has 0 saturated carbocycles. The third-order valence-corrected chi connectivity index (χ3v) is 5.67. The molecule has 23 heavy (non-hydrogen) atoms. The second kappa shape index (κ2) is 7.69. The smallest absolute Gasteiger partial charge is 0.240 e. The van der Waals surface area contributed by atoms with Crippen molar-refractivity contribution in [3.05, 3.63) is 66.2 Å². The van der Waals surface area contributed by atoms with Crippen molar-refractivity contribution in [2.45, 2.75) is 29.9 Å². The van der Waals surface area contributed by atoms with Crippen LogP contribution < -0.4 is 0 Å². The van der Waals surface area contributed by atoms with Crippen LogP contribution in [-0.4, -0.2) is 23.9 Å². The molecule has 2 nitrogen and oxygen atoms in total. The molecule has 3 rings (SSSR count). The third kappa shape index (κ3) is 4.17. The van der Waals surface area contributed by atoms with E-state index in [1.165, 1.54) is 0 Å². The van der Waals surface area contributed by atoms with E-state index in [1.54, 1.807) is 11.8 Å². The Morgan fingerprint density at radius 1 is 1.00 bits per heavy atom. The molecule has 0 radical (unpaired) electrons. The second-order valence-electron chi connectivity index (χ2n) is 6.23. The molecule has 1 aliphatic heterocycles. The molecule has 1 fully saturated rings. The van der Waals surface area contributed by atoms with Gasteiger partial charge in [0.25, 0.3) is 0 Å². The number of thioether (sulfide) groups is 1. The minimum absolute atomic E-state index is 0.160. The van der Waals surface area contributed by atoms with E-state index in [-0.39, 0.29) is 11.2 Å². The van der Waals surface area contributed by atoms with Gasteiger partial charge in [-0.3, -0.25) is 4.79 Å². The number of carbonyl (C=O) groups excluding carboxylic acids is 1. The molecule has 0 bridgehead atoms. The summed E-state index contributed by atoms with van der Waals surface area (Å²) in [6, 6.07) is 20.4. The summed E-state index contributed by atoms with van der Waals surface area (Å²) in [4.78, 5) is 16.3. The summed E-state index contributed by atoms with van der Waals surface area (Å²) >= 11 is 1.65. The lowest BCUT2D eigenvalue weighted by atomic mass is 9.98. The van der Waals surface area contributed by atoms with Crippen molar-refractivity contribution in [1.29, 1.82) is 0 Å². The summed E-state index contributed by atoms with van der Waals surface area (Å²) < 4.78 is 0. The predicted octanol–water partition coefficient (Wildman–Crippen LogP) is 4.78.